The number of likely N-dealkylation sites (N-methyl/N-ethyl adjacent to an activating group) is 1. The minimum Gasteiger partial charge on any atom is -0.366 e. The van der Waals surface area contributed by atoms with E-state index in [2.05, 4.69) is 37.6 Å². The fourth-order valence-corrected chi connectivity index (χ4v) is 2.83. The van der Waals surface area contributed by atoms with E-state index in [1.807, 2.05) is 12.1 Å². The smallest absolute Gasteiger partial charge is 0.146 e. The Morgan fingerprint density at radius 3 is 2.62 bits per heavy atom. The zero-order valence-corrected chi connectivity index (χ0v) is 13.7. The van der Waals surface area contributed by atoms with Crippen molar-refractivity contribution in [1.29, 1.82) is 0 Å². The van der Waals surface area contributed by atoms with Gasteiger partial charge in [0.15, 0.2) is 0 Å². The maximum Gasteiger partial charge on any atom is 0.146 e. The molecule has 4 heteroatoms. The molecule has 2 rings (SSSR count). The number of hydrogen-bond donors (Lipinski definition) is 1. The van der Waals surface area contributed by atoms with Gasteiger partial charge < -0.3 is 10.6 Å². The molecule has 0 aromatic heterocycles. The highest BCUT2D eigenvalue weighted by atomic mass is 19.1. The van der Waals surface area contributed by atoms with Gasteiger partial charge in [0, 0.05) is 31.2 Å². The third-order valence-corrected chi connectivity index (χ3v) is 4.69. The Morgan fingerprint density at radius 2 is 2.05 bits per heavy atom. The second kappa shape index (κ2) is 6.32. The fraction of sp³-hybridized carbons (Fsp3) is 0.647. The Balaban J connectivity index is 2.14. The van der Waals surface area contributed by atoms with Gasteiger partial charge in [-0.2, -0.15) is 0 Å². The summed E-state index contributed by atoms with van der Waals surface area (Å²) >= 11 is 0. The fourth-order valence-electron chi connectivity index (χ4n) is 2.83. The lowest BCUT2D eigenvalue weighted by Crippen LogP contribution is -2.57. The van der Waals surface area contributed by atoms with Gasteiger partial charge in [-0.1, -0.05) is 13.0 Å². The van der Waals surface area contributed by atoms with Gasteiger partial charge in [0.05, 0.1) is 5.69 Å². The molecule has 0 bridgehead atoms. The number of anilines is 1. The van der Waals surface area contributed by atoms with Crippen molar-refractivity contribution in [1.82, 2.24) is 4.90 Å². The molecule has 0 amide bonds. The van der Waals surface area contributed by atoms with E-state index in [4.69, 9.17) is 5.73 Å². The average Bonchev–Trinajstić information content (AvgIpc) is 2.42. The predicted octanol–water partition coefficient (Wildman–Crippen LogP) is 2.64. The van der Waals surface area contributed by atoms with Crippen molar-refractivity contribution in [3.05, 3.63) is 29.6 Å². The summed E-state index contributed by atoms with van der Waals surface area (Å²) in [6.07, 6.45) is 1.65. The molecule has 1 aromatic carbocycles. The SMILES string of the molecule is CCC(N)Cc1ccc(N2CCN(C)C(C)(C)C2)c(F)c1. The molecular formula is C17H28FN3. The maximum atomic E-state index is 14.4. The lowest BCUT2D eigenvalue weighted by molar-refractivity contribution is 0.138. The lowest BCUT2D eigenvalue weighted by Gasteiger charge is -2.46. The molecule has 21 heavy (non-hydrogen) atoms. The third kappa shape index (κ3) is 3.74. The van der Waals surface area contributed by atoms with Crippen molar-refractivity contribution in [3.8, 4) is 0 Å². The first kappa shape index (κ1) is 16.2. The van der Waals surface area contributed by atoms with Gasteiger partial charge in [-0.15, -0.1) is 0 Å². The lowest BCUT2D eigenvalue weighted by atomic mass is 9.98. The molecule has 1 atom stereocenters. The van der Waals surface area contributed by atoms with E-state index in [1.54, 1.807) is 6.07 Å². The first-order valence-electron chi connectivity index (χ1n) is 7.83. The summed E-state index contributed by atoms with van der Waals surface area (Å²) in [5.74, 6) is -0.129. The van der Waals surface area contributed by atoms with Gasteiger partial charge in [0.2, 0.25) is 0 Å². The summed E-state index contributed by atoms with van der Waals surface area (Å²) in [6.45, 7) is 9.12. The van der Waals surface area contributed by atoms with E-state index in [-0.39, 0.29) is 17.4 Å². The third-order valence-electron chi connectivity index (χ3n) is 4.69. The van der Waals surface area contributed by atoms with E-state index >= 15 is 0 Å². The number of halogens is 1. The van der Waals surface area contributed by atoms with Crippen molar-refractivity contribution < 1.29 is 4.39 Å². The molecule has 1 fully saturated rings. The van der Waals surface area contributed by atoms with Crippen LogP contribution >= 0.6 is 0 Å². The van der Waals surface area contributed by atoms with Crippen LogP contribution in [0.25, 0.3) is 0 Å². The summed E-state index contributed by atoms with van der Waals surface area (Å²) in [6, 6.07) is 5.68. The molecule has 1 saturated heterocycles. The number of benzene rings is 1. The van der Waals surface area contributed by atoms with Crippen LogP contribution in [0.4, 0.5) is 10.1 Å². The Labute approximate surface area is 127 Å². The predicted molar refractivity (Wildman–Crippen MR) is 87.3 cm³/mol. The van der Waals surface area contributed by atoms with Crippen LogP contribution in [-0.4, -0.2) is 43.2 Å². The molecule has 0 spiro atoms. The molecule has 0 radical (unpaired) electrons. The van der Waals surface area contributed by atoms with Crippen molar-refractivity contribution in [2.75, 3.05) is 31.6 Å². The Kier molecular flexibility index (Phi) is 4.89. The van der Waals surface area contributed by atoms with E-state index in [0.29, 0.717) is 5.69 Å². The van der Waals surface area contributed by atoms with Gasteiger partial charge in [-0.3, -0.25) is 4.90 Å². The molecular weight excluding hydrogens is 265 g/mol. The number of hydrogen-bond acceptors (Lipinski definition) is 3. The molecule has 1 aliphatic rings. The van der Waals surface area contributed by atoms with Crippen molar-refractivity contribution in [2.45, 2.75) is 45.2 Å². The van der Waals surface area contributed by atoms with E-state index in [1.165, 1.54) is 0 Å². The number of nitrogens with two attached hydrogens (primary N) is 1. The standard InChI is InChI=1S/C17H28FN3/c1-5-14(19)10-13-6-7-16(15(18)11-13)21-9-8-20(4)17(2,3)12-21/h6-7,11,14H,5,8-10,12,19H2,1-4H3. The molecule has 0 aliphatic carbocycles. The summed E-state index contributed by atoms with van der Waals surface area (Å²) < 4.78 is 14.4. The maximum absolute atomic E-state index is 14.4. The van der Waals surface area contributed by atoms with Crippen LogP contribution in [0.3, 0.4) is 0 Å². The summed E-state index contributed by atoms with van der Waals surface area (Å²) in [7, 11) is 2.13. The quantitative estimate of drug-likeness (QED) is 0.926. The normalized spacial score (nSPS) is 20.6. The molecule has 1 unspecified atom stereocenters. The molecule has 3 nitrogen and oxygen atoms in total. The second-order valence-electron chi connectivity index (χ2n) is 6.81. The average molecular weight is 293 g/mol. The Morgan fingerprint density at radius 1 is 1.33 bits per heavy atom. The van der Waals surface area contributed by atoms with Crippen LogP contribution < -0.4 is 10.6 Å². The largest absolute Gasteiger partial charge is 0.366 e. The zero-order valence-electron chi connectivity index (χ0n) is 13.7. The van der Waals surface area contributed by atoms with E-state index in [9.17, 15) is 4.39 Å². The molecule has 1 heterocycles. The highest BCUT2D eigenvalue weighted by molar-refractivity contribution is 5.50. The highest BCUT2D eigenvalue weighted by Crippen LogP contribution is 2.27. The molecule has 118 valence electrons. The van der Waals surface area contributed by atoms with Crippen LogP contribution in [0.15, 0.2) is 18.2 Å². The number of piperazine rings is 1. The molecule has 1 aromatic rings. The summed E-state index contributed by atoms with van der Waals surface area (Å²) in [4.78, 5) is 4.48. The minimum absolute atomic E-state index is 0.0634. The summed E-state index contributed by atoms with van der Waals surface area (Å²) in [5.41, 5.74) is 7.71. The Hall–Kier alpha value is -1.13. The minimum atomic E-state index is -0.129. The van der Waals surface area contributed by atoms with Crippen LogP contribution in [0.2, 0.25) is 0 Å². The topological polar surface area (TPSA) is 32.5 Å². The Bertz CT molecular complexity index is 487. The molecule has 1 aliphatic heterocycles. The van der Waals surface area contributed by atoms with Crippen molar-refractivity contribution in [2.24, 2.45) is 5.73 Å². The summed E-state index contributed by atoms with van der Waals surface area (Å²) in [5, 5.41) is 0. The van der Waals surface area contributed by atoms with Crippen LogP contribution in [0, 0.1) is 5.82 Å². The van der Waals surface area contributed by atoms with Crippen LogP contribution in [0.5, 0.6) is 0 Å². The number of nitrogens with zero attached hydrogens (tertiary/aromatic N) is 2. The van der Waals surface area contributed by atoms with Crippen LogP contribution in [-0.2, 0) is 6.42 Å². The molecule has 2 N–H and O–H groups in total. The highest BCUT2D eigenvalue weighted by Gasteiger charge is 2.31. The molecule has 0 saturated carbocycles. The second-order valence-corrected chi connectivity index (χ2v) is 6.81. The van der Waals surface area contributed by atoms with Gasteiger partial charge >= 0.3 is 0 Å². The first-order valence-corrected chi connectivity index (χ1v) is 7.83. The van der Waals surface area contributed by atoms with Crippen molar-refractivity contribution >= 4 is 5.69 Å². The number of rotatable bonds is 4. The van der Waals surface area contributed by atoms with Crippen LogP contribution in [0.1, 0.15) is 32.8 Å². The van der Waals surface area contributed by atoms with Gasteiger partial charge in [-0.25, -0.2) is 4.39 Å². The van der Waals surface area contributed by atoms with E-state index < -0.39 is 0 Å². The van der Waals surface area contributed by atoms with E-state index in [0.717, 1.165) is 38.0 Å². The first-order chi connectivity index (χ1) is 9.83. The van der Waals surface area contributed by atoms with Gasteiger partial charge in [0.25, 0.3) is 0 Å². The van der Waals surface area contributed by atoms with Crippen molar-refractivity contribution in [3.63, 3.8) is 0 Å². The van der Waals surface area contributed by atoms with Gasteiger partial charge in [0.1, 0.15) is 5.82 Å². The zero-order chi connectivity index (χ0) is 15.6. The van der Waals surface area contributed by atoms with Gasteiger partial charge in [-0.05, 0) is 51.4 Å². The monoisotopic (exact) mass is 293 g/mol.